The highest BCUT2D eigenvalue weighted by Crippen LogP contribution is 2.30. The van der Waals surface area contributed by atoms with Crippen molar-refractivity contribution in [2.24, 2.45) is 0 Å². The van der Waals surface area contributed by atoms with Crippen molar-refractivity contribution in [3.05, 3.63) is 42.4 Å². The summed E-state index contributed by atoms with van der Waals surface area (Å²) in [6, 6.07) is 6.50. The van der Waals surface area contributed by atoms with E-state index >= 15 is 0 Å². The third kappa shape index (κ3) is 5.23. The van der Waals surface area contributed by atoms with Gasteiger partial charge in [-0.3, -0.25) is 4.90 Å². The lowest BCUT2D eigenvalue weighted by molar-refractivity contribution is 0.108. The SMILES string of the molecule is CCN1CCN(Cc2ccc(Nc3ncc(-c4ccnc(OC5CCC5)n4)s3)nc2)CC1. The van der Waals surface area contributed by atoms with Crippen LogP contribution in [0.2, 0.25) is 0 Å². The van der Waals surface area contributed by atoms with E-state index in [-0.39, 0.29) is 6.10 Å². The lowest BCUT2D eigenvalue weighted by Crippen LogP contribution is -2.45. The second kappa shape index (κ2) is 9.89. The molecular formula is C23H29N7OS. The summed E-state index contributed by atoms with van der Waals surface area (Å²) < 4.78 is 5.82. The van der Waals surface area contributed by atoms with Crippen LogP contribution < -0.4 is 10.1 Å². The molecule has 5 rings (SSSR count). The van der Waals surface area contributed by atoms with E-state index < -0.39 is 0 Å². The van der Waals surface area contributed by atoms with Crippen LogP contribution in [-0.2, 0) is 6.54 Å². The van der Waals surface area contributed by atoms with E-state index in [2.05, 4.69) is 48.0 Å². The van der Waals surface area contributed by atoms with Gasteiger partial charge in [0.25, 0.3) is 0 Å². The number of piperazine rings is 1. The smallest absolute Gasteiger partial charge is 0.317 e. The number of nitrogens with one attached hydrogen (secondary N) is 1. The Balaban J connectivity index is 1.17. The normalized spacial score (nSPS) is 17.8. The minimum atomic E-state index is 0.263. The molecule has 2 aliphatic rings. The molecule has 0 amide bonds. The number of thiazole rings is 1. The molecule has 168 valence electrons. The van der Waals surface area contributed by atoms with Gasteiger partial charge in [0.2, 0.25) is 0 Å². The van der Waals surface area contributed by atoms with Gasteiger partial charge in [0.1, 0.15) is 11.9 Å². The molecule has 1 aliphatic heterocycles. The number of ether oxygens (including phenoxy) is 1. The Kier molecular flexibility index (Phi) is 6.56. The molecule has 0 atom stereocenters. The minimum Gasteiger partial charge on any atom is -0.460 e. The van der Waals surface area contributed by atoms with Crippen LogP contribution in [0, 0.1) is 0 Å². The molecular weight excluding hydrogens is 422 g/mol. The highest BCUT2D eigenvalue weighted by atomic mass is 32.1. The van der Waals surface area contributed by atoms with E-state index in [4.69, 9.17) is 4.74 Å². The first-order valence-electron chi connectivity index (χ1n) is 11.4. The van der Waals surface area contributed by atoms with Crippen LogP contribution in [0.4, 0.5) is 10.9 Å². The molecule has 1 aliphatic carbocycles. The van der Waals surface area contributed by atoms with Crippen molar-refractivity contribution in [3.63, 3.8) is 0 Å². The Morgan fingerprint density at radius 1 is 1.03 bits per heavy atom. The van der Waals surface area contributed by atoms with Crippen molar-refractivity contribution < 1.29 is 4.74 Å². The number of hydrogen-bond donors (Lipinski definition) is 1. The average Bonchev–Trinajstić information content (AvgIpc) is 3.27. The summed E-state index contributed by atoms with van der Waals surface area (Å²) in [5.41, 5.74) is 2.06. The molecule has 0 unspecified atom stereocenters. The van der Waals surface area contributed by atoms with Crippen molar-refractivity contribution in [1.82, 2.24) is 29.7 Å². The van der Waals surface area contributed by atoms with Gasteiger partial charge in [0.15, 0.2) is 5.13 Å². The predicted octanol–water partition coefficient (Wildman–Crippen LogP) is 3.81. The van der Waals surface area contributed by atoms with E-state index in [1.807, 2.05) is 24.5 Å². The molecule has 32 heavy (non-hydrogen) atoms. The predicted molar refractivity (Wildman–Crippen MR) is 126 cm³/mol. The van der Waals surface area contributed by atoms with E-state index in [9.17, 15) is 0 Å². The Bertz CT molecular complexity index is 1010. The lowest BCUT2D eigenvalue weighted by atomic mass is 9.96. The number of anilines is 2. The molecule has 3 aromatic rings. The van der Waals surface area contributed by atoms with Gasteiger partial charge >= 0.3 is 6.01 Å². The van der Waals surface area contributed by atoms with Gasteiger partial charge in [-0.05, 0) is 43.5 Å². The topological polar surface area (TPSA) is 79.3 Å². The zero-order chi connectivity index (χ0) is 21.8. The summed E-state index contributed by atoms with van der Waals surface area (Å²) >= 11 is 1.54. The van der Waals surface area contributed by atoms with E-state index in [0.29, 0.717) is 6.01 Å². The molecule has 4 heterocycles. The summed E-state index contributed by atoms with van der Waals surface area (Å²) in [5, 5.41) is 4.09. The van der Waals surface area contributed by atoms with Crippen LogP contribution in [0.25, 0.3) is 10.6 Å². The zero-order valence-corrected chi connectivity index (χ0v) is 19.2. The van der Waals surface area contributed by atoms with E-state index in [1.165, 1.54) is 12.0 Å². The van der Waals surface area contributed by atoms with Gasteiger partial charge < -0.3 is 15.0 Å². The maximum absolute atomic E-state index is 5.82. The molecule has 1 N–H and O–H groups in total. The molecule has 2 fully saturated rings. The van der Waals surface area contributed by atoms with Crippen molar-refractivity contribution in [1.29, 1.82) is 0 Å². The Morgan fingerprint density at radius 2 is 1.88 bits per heavy atom. The lowest BCUT2D eigenvalue weighted by Gasteiger charge is -2.33. The van der Waals surface area contributed by atoms with Gasteiger partial charge in [-0.2, -0.15) is 4.98 Å². The standard InChI is InChI=1S/C23H29N7OS/c1-2-29-10-12-30(13-11-29)16-17-6-7-21(25-14-17)28-23-26-15-20(32-23)19-8-9-24-22(27-19)31-18-4-3-5-18/h6-9,14-15,18H,2-5,10-13,16H2,1H3,(H,25,26,28). The van der Waals surface area contributed by atoms with Gasteiger partial charge in [-0.1, -0.05) is 24.3 Å². The van der Waals surface area contributed by atoms with Crippen LogP contribution in [0.5, 0.6) is 6.01 Å². The zero-order valence-electron chi connectivity index (χ0n) is 18.4. The van der Waals surface area contributed by atoms with Gasteiger partial charge in [0.05, 0.1) is 10.6 Å². The third-order valence-electron chi connectivity index (χ3n) is 6.09. The highest BCUT2D eigenvalue weighted by Gasteiger charge is 2.20. The molecule has 0 aromatic carbocycles. The van der Waals surface area contributed by atoms with Crippen LogP contribution in [0.15, 0.2) is 36.8 Å². The number of hydrogen-bond acceptors (Lipinski definition) is 9. The minimum absolute atomic E-state index is 0.263. The summed E-state index contributed by atoms with van der Waals surface area (Å²) in [6.07, 6.45) is 9.18. The monoisotopic (exact) mass is 451 g/mol. The van der Waals surface area contributed by atoms with Gasteiger partial charge in [0, 0.05) is 51.3 Å². The van der Waals surface area contributed by atoms with E-state index in [0.717, 1.165) is 73.6 Å². The Hall–Kier alpha value is -2.62. The molecule has 0 bridgehead atoms. The summed E-state index contributed by atoms with van der Waals surface area (Å²) in [4.78, 5) is 23.8. The van der Waals surface area contributed by atoms with Crippen LogP contribution in [-0.4, -0.2) is 68.6 Å². The Labute approximate surface area is 192 Å². The van der Waals surface area contributed by atoms with Crippen LogP contribution >= 0.6 is 11.3 Å². The molecule has 1 saturated carbocycles. The molecule has 0 radical (unpaired) electrons. The summed E-state index contributed by atoms with van der Waals surface area (Å²) in [7, 11) is 0. The maximum atomic E-state index is 5.82. The number of rotatable bonds is 8. The van der Waals surface area contributed by atoms with Crippen molar-refractivity contribution in [2.45, 2.75) is 38.8 Å². The molecule has 9 heteroatoms. The Morgan fingerprint density at radius 3 is 2.59 bits per heavy atom. The summed E-state index contributed by atoms with van der Waals surface area (Å²) in [6.45, 7) is 8.85. The fourth-order valence-corrected chi connectivity index (χ4v) is 4.64. The molecule has 1 saturated heterocycles. The van der Waals surface area contributed by atoms with Crippen LogP contribution in [0.1, 0.15) is 31.7 Å². The number of likely N-dealkylation sites (N-methyl/N-ethyl adjacent to an activating group) is 1. The average molecular weight is 452 g/mol. The highest BCUT2D eigenvalue weighted by molar-refractivity contribution is 7.18. The van der Waals surface area contributed by atoms with Crippen molar-refractivity contribution in [3.8, 4) is 16.6 Å². The molecule has 0 spiro atoms. The summed E-state index contributed by atoms with van der Waals surface area (Å²) in [5.74, 6) is 0.794. The first kappa shape index (κ1) is 21.2. The maximum Gasteiger partial charge on any atom is 0.317 e. The van der Waals surface area contributed by atoms with Crippen LogP contribution in [0.3, 0.4) is 0 Å². The number of pyridine rings is 1. The number of aromatic nitrogens is 4. The molecule has 8 nitrogen and oxygen atoms in total. The van der Waals surface area contributed by atoms with Crippen molar-refractivity contribution >= 4 is 22.3 Å². The van der Waals surface area contributed by atoms with Crippen molar-refractivity contribution in [2.75, 3.05) is 38.0 Å². The second-order valence-electron chi connectivity index (χ2n) is 8.31. The second-order valence-corrected chi connectivity index (χ2v) is 9.34. The number of nitrogens with zero attached hydrogens (tertiary/aromatic N) is 6. The first-order valence-corrected chi connectivity index (χ1v) is 12.2. The fourth-order valence-electron chi connectivity index (χ4n) is 3.85. The quantitative estimate of drug-likeness (QED) is 0.554. The third-order valence-corrected chi connectivity index (χ3v) is 7.03. The fraction of sp³-hybridized carbons (Fsp3) is 0.478. The van der Waals surface area contributed by atoms with Gasteiger partial charge in [-0.25, -0.2) is 15.0 Å². The first-order chi connectivity index (χ1) is 15.7. The van der Waals surface area contributed by atoms with Gasteiger partial charge in [-0.15, -0.1) is 0 Å². The largest absolute Gasteiger partial charge is 0.460 e. The molecule has 3 aromatic heterocycles. The van der Waals surface area contributed by atoms with E-state index in [1.54, 1.807) is 17.5 Å².